The number of aromatic nitrogens is 6. The summed E-state index contributed by atoms with van der Waals surface area (Å²) in [7, 11) is 0. The van der Waals surface area contributed by atoms with Gasteiger partial charge in [-0.15, -0.1) is 71.8 Å². The third-order valence-electron chi connectivity index (χ3n) is 8.68. The molecule has 4 heterocycles. The van der Waals surface area contributed by atoms with Crippen LogP contribution >= 0.6 is 0 Å². The molecule has 10 heteroatoms. The van der Waals surface area contributed by atoms with Crippen molar-refractivity contribution in [3.8, 4) is 51.5 Å². The van der Waals surface area contributed by atoms with Gasteiger partial charge in [0, 0.05) is 35.4 Å². The molecular formula is C45H36N6O2PdPt. The van der Waals surface area contributed by atoms with Crippen molar-refractivity contribution in [1.29, 1.82) is 0 Å². The molecule has 0 unspecified atom stereocenters. The molecule has 0 saturated carbocycles. The Balaban J connectivity index is 0.00000257. The van der Waals surface area contributed by atoms with Crippen LogP contribution in [0.5, 0.6) is 23.0 Å². The second kappa shape index (κ2) is 17.6. The number of hydrogen-bond acceptors (Lipinski definition) is 7. The van der Waals surface area contributed by atoms with Crippen LogP contribution in [-0.2, 0) is 54.3 Å². The Labute approximate surface area is 349 Å². The molecule has 0 bridgehead atoms. The van der Waals surface area contributed by atoms with E-state index in [4.69, 9.17) is 9.47 Å². The van der Waals surface area contributed by atoms with Gasteiger partial charge >= 0.3 is 41.5 Å². The zero-order chi connectivity index (χ0) is 36.3. The van der Waals surface area contributed by atoms with Crippen LogP contribution in [0.4, 0.5) is 0 Å². The van der Waals surface area contributed by atoms with E-state index in [1.807, 2.05) is 77.6 Å². The minimum atomic E-state index is 0. The second-order valence-electron chi connectivity index (χ2n) is 13.8. The fourth-order valence-corrected chi connectivity index (χ4v) is 6.48. The summed E-state index contributed by atoms with van der Waals surface area (Å²) in [5.74, 6) is 3.66. The third-order valence-corrected chi connectivity index (χ3v) is 8.68. The molecule has 0 radical (unpaired) electrons. The molecule has 4 aromatic carbocycles. The maximum Gasteiger partial charge on any atom is 2.00 e. The molecule has 278 valence electrons. The SMILES string of the molecule is CC(C)Cc1ccnc(-c2[c-]c(Oc3[c-]c4c(cc3)c3ccc(Oc5[c-]c(-c6cc(CC(C)C)ccn6)ccc5)[c-]c3n4-c3ncncn3)ccc2)c1.[Pd+2].[Pt+2]. The van der Waals surface area contributed by atoms with Crippen LogP contribution in [0, 0.1) is 36.1 Å². The summed E-state index contributed by atoms with van der Waals surface area (Å²) in [5, 5.41) is 1.86. The first kappa shape index (κ1) is 39.6. The van der Waals surface area contributed by atoms with E-state index < -0.39 is 0 Å². The molecule has 8 rings (SSSR count). The molecule has 0 saturated heterocycles. The number of nitrogens with zero attached hydrogens (tertiary/aromatic N) is 6. The van der Waals surface area contributed by atoms with Gasteiger partial charge in [-0.05, 0) is 48.2 Å². The quantitative estimate of drug-likeness (QED) is 0.0942. The smallest absolute Gasteiger partial charge is 0.503 e. The van der Waals surface area contributed by atoms with E-state index in [2.05, 4.69) is 101 Å². The van der Waals surface area contributed by atoms with Gasteiger partial charge in [0.15, 0.2) is 0 Å². The predicted molar refractivity (Wildman–Crippen MR) is 206 cm³/mol. The van der Waals surface area contributed by atoms with E-state index in [1.54, 1.807) is 0 Å². The Morgan fingerprint density at radius 2 is 1.02 bits per heavy atom. The van der Waals surface area contributed by atoms with Gasteiger partial charge in [-0.2, -0.15) is 22.9 Å². The molecule has 0 aliphatic carbocycles. The summed E-state index contributed by atoms with van der Waals surface area (Å²) < 4.78 is 14.6. The number of ether oxygens (including phenoxy) is 2. The first-order valence-corrected chi connectivity index (χ1v) is 17.7. The van der Waals surface area contributed by atoms with Gasteiger partial charge in [0.25, 0.3) is 0 Å². The van der Waals surface area contributed by atoms with Gasteiger partial charge in [-0.3, -0.25) is 0 Å². The van der Waals surface area contributed by atoms with Crippen molar-refractivity contribution in [3.05, 3.63) is 145 Å². The van der Waals surface area contributed by atoms with Gasteiger partial charge in [-0.1, -0.05) is 74.1 Å². The molecule has 0 N–H and O–H groups in total. The monoisotopic (exact) mass is 993 g/mol. The molecule has 0 atom stereocenters. The summed E-state index contributed by atoms with van der Waals surface area (Å²) in [6.07, 6.45) is 8.61. The van der Waals surface area contributed by atoms with Crippen LogP contribution < -0.4 is 9.47 Å². The molecule has 4 aromatic heterocycles. The minimum absolute atomic E-state index is 0. The predicted octanol–water partition coefficient (Wildman–Crippen LogP) is 10.3. The van der Waals surface area contributed by atoms with Crippen LogP contribution in [0.15, 0.2) is 110 Å². The molecular weight excluding hydrogens is 958 g/mol. The van der Waals surface area contributed by atoms with Crippen LogP contribution in [0.2, 0.25) is 0 Å². The van der Waals surface area contributed by atoms with E-state index in [0.717, 1.165) is 57.2 Å². The van der Waals surface area contributed by atoms with Crippen molar-refractivity contribution in [3.63, 3.8) is 0 Å². The topological polar surface area (TPSA) is 87.8 Å². The normalized spacial score (nSPS) is 11.1. The molecule has 8 nitrogen and oxygen atoms in total. The molecule has 55 heavy (non-hydrogen) atoms. The minimum Gasteiger partial charge on any atom is -0.503 e. The zero-order valence-electron chi connectivity index (χ0n) is 30.6. The van der Waals surface area contributed by atoms with Gasteiger partial charge in [0.1, 0.15) is 12.7 Å². The molecule has 0 aliphatic rings. The summed E-state index contributed by atoms with van der Waals surface area (Å²) in [4.78, 5) is 22.2. The van der Waals surface area contributed by atoms with Gasteiger partial charge in [0.2, 0.25) is 5.95 Å². The molecule has 0 aliphatic heterocycles. The Kier molecular flexibility index (Phi) is 12.7. The Morgan fingerprint density at radius 1 is 0.564 bits per heavy atom. The molecule has 0 fully saturated rings. The van der Waals surface area contributed by atoms with E-state index in [0.29, 0.717) is 40.8 Å². The van der Waals surface area contributed by atoms with Crippen molar-refractivity contribution >= 4 is 21.8 Å². The van der Waals surface area contributed by atoms with E-state index in [1.165, 1.54) is 23.8 Å². The van der Waals surface area contributed by atoms with Crippen LogP contribution in [0.25, 0.3) is 50.3 Å². The van der Waals surface area contributed by atoms with Gasteiger partial charge in [-0.25, -0.2) is 15.0 Å². The molecule has 0 amide bonds. The summed E-state index contributed by atoms with van der Waals surface area (Å²) in [6.45, 7) is 8.85. The Bertz CT molecular complexity index is 2400. The van der Waals surface area contributed by atoms with Crippen molar-refractivity contribution < 1.29 is 51.0 Å². The van der Waals surface area contributed by atoms with Crippen molar-refractivity contribution in [2.24, 2.45) is 11.8 Å². The fraction of sp³-hybridized carbons (Fsp3) is 0.178. The summed E-state index contributed by atoms with van der Waals surface area (Å²) >= 11 is 0. The third kappa shape index (κ3) is 9.09. The van der Waals surface area contributed by atoms with E-state index >= 15 is 0 Å². The first-order chi connectivity index (χ1) is 25.9. The molecule has 0 spiro atoms. The number of rotatable bonds is 11. The van der Waals surface area contributed by atoms with Crippen molar-refractivity contribution in [2.45, 2.75) is 40.5 Å². The summed E-state index contributed by atoms with van der Waals surface area (Å²) in [6, 6.07) is 41.5. The van der Waals surface area contributed by atoms with E-state index in [-0.39, 0.29) is 41.5 Å². The average Bonchev–Trinajstić information content (AvgIpc) is 3.48. The van der Waals surface area contributed by atoms with Crippen molar-refractivity contribution in [1.82, 2.24) is 29.5 Å². The van der Waals surface area contributed by atoms with Crippen LogP contribution in [0.1, 0.15) is 38.8 Å². The van der Waals surface area contributed by atoms with Gasteiger partial charge < -0.3 is 24.0 Å². The summed E-state index contributed by atoms with van der Waals surface area (Å²) in [5.41, 5.74) is 7.35. The standard InChI is InChI=1S/C45H36N6O2.Pd.Pt/c1-29(2)19-31-15-17-47-41(21-31)33-7-5-9-35(23-33)52-37-11-13-39-40-14-12-38(26-44(40)51(43(39)25-37)45-49-27-46-28-50-45)53-36-10-6-8-34(24-36)42-22-32(16-18-48-42)20-30(3)4;;/h5-18,21-22,27-30H,19-20H2,1-4H3;;/q-4;2*+2. The van der Waals surface area contributed by atoms with E-state index in [9.17, 15) is 0 Å². The second-order valence-corrected chi connectivity index (χ2v) is 13.8. The number of hydrogen-bond donors (Lipinski definition) is 0. The van der Waals surface area contributed by atoms with Crippen LogP contribution in [-0.4, -0.2) is 29.5 Å². The first-order valence-electron chi connectivity index (χ1n) is 17.7. The Hall–Kier alpha value is -5.06. The average molecular weight is 994 g/mol. The van der Waals surface area contributed by atoms with Crippen LogP contribution in [0.3, 0.4) is 0 Å². The fourth-order valence-electron chi connectivity index (χ4n) is 6.48. The van der Waals surface area contributed by atoms with Crippen molar-refractivity contribution in [2.75, 3.05) is 0 Å². The number of benzene rings is 4. The maximum absolute atomic E-state index is 6.36. The number of fused-ring (bicyclic) bond motifs is 3. The molecule has 8 aromatic rings. The largest absolute Gasteiger partial charge is 2.00 e. The Morgan fingerprint density at radius 3 is 1.47 bits per heavy atom. The number of pyridine rings is 2. The maximum atomic E-state index is 6.36. The zero-order valence-corrected chi connectivity index (χ0v) is 34.4. The van der Waals surface area contributed by atoms with Gasteiger partial charge in [0.05, 0.1) is 0 Å².